The molecule has 4 rings (SSSR count). The van der Waals surface area contributed by atoms with Gasteiger partial charge in [-0.1, -0.05) is 42.5 Å². The maximum absolute atomic E-state index is 12.9. The molecule has 0 amide bonds. The molecule has 1 saturated heterocycles. The van der Waals surface area contributed by atoms with Crippen LogP contribution >= 0.6 is 0 Å². The van der Waals surface area contributed by atoms with Gasteiger partial charge in [0, 0.05) is 38.1 Å². The highest BCUT2D eigenvalue weighted by atomic mass is 19.1. The molecule has 120 valence electrons. The van der Waals surface area contributed by atoms with Gasteiger partial charge in [0.05, 0.1) is 0 Å². The fraction of sp³-hybridized carbons (Fsp3) is 0.400. The van der Waals surface area contributed by atoms with Crippen molar-refractivity contribution >= 4 is 0 Å². The second-order valence-electron chi connectivity index (χ2n) is 6.95. The van der Waals surface area contributed by atoms with Gasteiger partial charge < -0.3 is 5.32 Å². The lowest BCUT2D eigenvalue weighted by Gasteiger charge is -2.39. The second-order valence-corrected chi connectivity index (χ2v) is 6.95. The topological polar surface area (TPSA) is 15.3 Å². The van der Waals surface area contributed by atoms with E-state index in [0.717, 1.165) is 32.1 Å². The summed E-state index contributed by atoms with van der Waals surface area (Å²) >= 11 is 0. The lowest BCUT2D eigenvalue weighted by Crippen LogP contribution is -2.50. The van der Waals surface area contributed by atoms with E-state index in [0.29, 0.717) is 12.0 Å². The monoisotopic (exact) mass is 310 g/mol. The molecule has 1 N–H and O–H groups in total. The summed E-state index contributed by atoms with van der Waals surface area (Å²) in [7, 11) is 0. The fourth-order valence-corrected chi connectivity index (χ4v) is 3.59. The van der Waals surface area contributed by atoms with E-state index in [4.69, 9.17) is 0 Å². The van der Waals surface area contributed by atoms with E-state index in [2.05, 4.69) is 40.5 Å². The zero-order valence-corrected chi connectivity index (χ0v) is 13.3. The van der Waals surface area contributed by atoms with E-state index < -0.39 is 0 Å². The summed E-state index contributed by atoms with van der Waals surface area (Å²) in [5, 5.41) is 3.72. The van der Waals surface area contributed by atoms with Crippen LogP contribution < -0.4 is 5.32 Å². The highest BCUT2D eigenvalue weighted by Crippen LogP contribution is 2.40. The smallest absolute Gasteiger partial charge is 0.123 e. The quantitative estimate of drug-likeness (QED) is 0.880. The predicted octanol–water partition coefficient (Wildman–Crippen LogP) is 3.40. The Morgan fingerprint density at radius 2 is 1.74 bits per heavy atom. The van der Waals surface area contributed by atoms with Crippen molar-refractivity contribution in [1.29, 1.82) is 0 Å². The third kappa shape index (κ3) is 3.62. The molecule has 2 atom stereocenters. The summed E-state index contributed by atoms with van der Waals surface area (Å²) in [5.41, 5.74) is 2.67. The highest BCUT2D eigenvalue weighted by Gasteiger charge is 2.38. The third-order valence-electron chi connectivity index (χ3n) is 5.04. The van der Waals surface area contributed by atoms with Crippen LogP contribution in [0.1, 0.15) is 23.5 Å². The van der Waals surface area contributed by atoms with Crippen molar-refractivity contribution in [3.8, 4) is 0 Å². The number of likely N-dealkylation sites (tertiary alicyclic amines) is 1. The molecule has 1 heterocycles. The van der Waals surface area contributed by atoms with Crippen molar-refractivity contribution in [1.82, 2.24) is 10.2 Å². The maximum Gasteiger partial charge on any atom is 0.123 e. The van der Waals surface area contributed by atoms with E-state index >= 15 is 0 Å². The van der Waals surface area contributed by atoms with Gasteiger partial charge in [-0.15, -0.1) is 0 Å². The van der Waals surface area contributed by atoms with E-state index in [1.165, 1.54) is 17.5 Å². The number of rotatable bonds is 6. The summed E-state index contributed by atoms with van der Waals surface area (Å²) in [4.78, 5) is 2.43. The van der Waals surface area contributed by atoms with Crippen LogP contribution in [-0.4, -0.2) is 30.6 Å². The molecule has 1 aliphatic carbocycles. The van der Waals surface area contributed by atoms with Crippen LogP contribution in [0.4, 0.5) is 4.39 Å². The number of nitrogens with one attached hydrogen (secondary N) is 1. The Hall–Kier alpha value is -1.71. The van der Waals surface area contributed by atoms with Gasteiger partial charge in [-0.2, -0.15) is 0 Å². The average Bonchev–Trinajstić information content (AvgIpc) is 3.32. The van der Waals surface area contributed by atoms with Gasteiger partial charge in [-0.25, -0.2) is 4.39 Å². The normalized spacial score (nSPS) is 24.4. The molecule has 0 bridgehead atoms. The first-order chi connectivity index (χ1) is 11.3. The van der Waals surface area contributed by atoms with Crippen molar-refractivity contribution in [2.45, 2.75) is 24.9 Å². The van der Waals surface area contributed by atoms with E-state index in [9.17, 15) is 4.39 Å². The van der Waals surface area contributed by atoms with Crippen LogP contribution in [0.2, 0.25) is 0 Å². The lowest BCUT2D eigenvalue weighted by molar-refractivity contribution is 0.0914. The first-order valence-corrected chi connectivity index (χ1v) is 8.53. The fourth-order valence-electron chi connectivity index (χ4n) is 3.59. The molecule has 23 heavy (non-hydrogen) atoms. The number of nitrogens with zero attached hydrogens (tertiary/aromatic N) is 1. The number of benzene rings is 2. The molecule has 2 aliphatic rings. The molecular formula is C20H23FN2. The zero-order valence-electron chi connectivity index (χ0n) is 13.3. The SMILES string of the molecule is Fc1ccc(CN2CC(CN[C@H]3C[C@@H]3c3ccccc3)C2)cc1. The molecule has 1 aliphatic heterocycles. The lowest BCUT2D eigenvalue weighted by atomic mass is 9.99. The first kappa shape index (κ1) is 14.9. The Morgan fingerprint density at radius 3 is 2.48 bits per heavy atom. The molecule has 2 nitrogen and oxygen atoms in total. The number of hydrogen-bond donors (Lipinski definition) is 1. The van der Waals surface area contributed by atoms with Crippen molar-refractivity contribution < 1.29 is 4.39 Å². The Morgan fingerprint density at radius 1 is 1.00 bits per heavy atom. The van der Waals surface area contributed by atoms with Gasteiger partial charge in [0.1, 0.15) is 5.82 Å². The summed E-state index contributed by atoms with van der Waals surface area (Å²) < 4.78 is 12.9. The number of halogens is 1. The van der Waals surface area contributed by atoms with E-state index in [1.807, 2.05) is 12.1 Å². The highest BCUT2D eigenvalue weighted by molar-refractivity contribution is 5.27. The van der Waals surface area contributed by atoms with Crippen LogP contribution in [-0.2, 0) is 6.54 Å². The van der Waals surface area contributed by atoms with E-state index in [1.54, 1.807) is 12.1 Å². The zero-order chi connectivity index (χ0) is 15.6. The molecular weight excluding hydrogens is 287 g/mol. The Labute approximate surface area is 137 Å². The second kappa shape index (κ2) is 6.42. The largest absolute Gasteiger partial charge is 0.313 e. The van der Waals surface area contributed by atoms with Crippen molar-refractivity contribution in [3.63, 3.8) is 0 Å². The van der Waals surface area contributed by atoms with Gasteiger partial charge in [-0.3, -0.25) is 4.90 Å². The minimum Gasteiger partial charge on any atom is -0.313 e. The summed E-state index contributed by atoms with van der Waals surface area (Å²) in [6.45, 7) is 4.35. The molecule has 2 aromatic rings. The molecule has 2 aromatic carbocycles. The van der Waals surface area contributed by atoms with Crippen LogP contribution in [0.15, 0.2) is 54.6 Å². The molecule has 3 heteroatoms. The van der Waals surface area contributed by atoms with Crippen LogP contribution in [0, 0.1) is 11.7 Å². The van der Waals surface area contributed by atoms with Crippen molar-refractivity contribution in [2.75, 3.05) is 19.6 Å². The molecule has 2 fully saturated rings. The summed E-state index contributed by atoms with van der Waals surface area (Å²) in [6, 6.07) is 18.3. The summed E-state index contributed by atoms with van der Waals surface area (Å²) in [5.74, 6) is 1.32. The van der Waals surface area contributed by atoms with Crippen LogP contribution in [0.3, 0.4) is 0 Å². The Bertz CT molecular complexity index is 634. The van der Waals surface area contributed by atoms with Gasteiger partial charge in [0.2, 0.25) is 0 Å². The molecule has 0 unspecified atom stereocenters. The Balaban J connectivity index is 1.16. The van der Waals surface area contributed by atoms with Gasteiger partial charge >= 0.3 is 0 Å². The van der Waals surface area contributed by atoms with Crippen molar-refractivity contribution in [2.24, 2.45) is 5.92 Å². The van der Waals surface area contributed by atoms with Gasteiger partial charge in [0.15, 0.2) is 0 Å². The minimum atomic E-state index is -0.156. The summed E-state index contributed by atoms with van der Waals surface area (Å²) in [6.07, 6.45) is 1.27. The number of hydrogen-bond acceptors (Lipinski definition) is 2. The molecule has 0 radical (unpaired) electrons. The molecule has 0 spiro atoms. The van der Waals surface area contributed by atoms with Crippen LogP contribution in [0.5, 0.6) is 0 Å². The minimum absolute atomic E-state index is 0.156. The third-order valence-corrected chi connectivity index (χ3v) is 5.04. The molecule has 0 aromatic heterocycles. The van der Waals surface area contributed by atoms with Gasteiger partial charge in [0.25, 0.3) is 0 Å². The van der Waals surface area contributed by atoms with Crippen LogP contribution in [0.25, 0.3) is 0 Å². The maximum atomic E-state index is 12.9. The van der Waals surface area contributed by atoms with E-state index in [-0.39, 0.29) is 5.82 Å². The standard InChI is InChI=1S/C20H23FN2/c21-18-8-6-15(7-9-18)12-23-13-16(14-23)11-22-20-10-19(20)17-4-2-1-3-5-17/h1-9,16,19-20,22H,10-14H2/t19-,20+/m1/s1. The predicted molar refractivity (Wildman–Crippen MR) is 90.8 cm³/mol. The molecule has 1 saturated carbocycles. The van der Waals surface area contributed by atoms with Crippen molar-refractivity contribution in [3.05, 3.63) is 71.5 Å². The van der Waals surface area contributed by atoms with Gasteiger partial charge in [-0.05, 0) is 35.6 Å². The Kier molecular flexibility index (Phi) is 4.15. The first-order valence-electron chi connectivity index (χ1n) is 8.53. The average molecular weight is 310 g/mol.